The molecule has 0 saturated carbocycles. The van der Waals surface area contributed by atoms with Crippen molar-refractivity contribution in [3.8, 4) is 34.3 Å². The van der Waals surface area contributed by atoms with E-state index in [0.717, 1.165) is 30.3 Å². The van der Waals surface area contributed by atoms with Gasteiger partial charge in [-0.05, 0) is 25.1 Å². The maximum absolute atomic E-state index is 13.3. The number of aliphatic hydroxyl groups excluding tert-OH is 13. The Morgan fingerprint density at radius 2 is 1.03 bits per heavy atom. The van der Waals surface area contributed by atoms with E-state index in [1.807, 2.05) is 0 Å². The van der Waals surface area contributed by atoms with Crippen LogP contribution in [-0.4, -0.2) is 219 Å². The first-order chi connectivity index (χ1) is 30.4. The molecule has 4 aliphatic heterocycles. The van der Waals surface area contributed by atoms with Gasteiger partial charge in [0.2, 0.25) is 12.6 Å². The van der Waals surface area contributed by atoms with Crippen LogP contribution in [0.2, 0.25) is 0 Å². The predicted octanol–water partition coefficient (Wildman–Crippen LogP) is -6.10. The summed E-state index contributed by atoms with van der Waals surface area (Å²) in [6, 6.07) is 6.62. The first-order valence-corrected chi connectivity index (χ1v) is 19.9. The van der Waals surface area contributed by atoms with Gasteiger partial charge in [-0.15, -0.1) is 0 Å². The molecule has 20 unspecified atom stereocenters. The molecular weight excluding hydrogens is 868 g/mol. The molecular formula is C39H50O25. The monoisotopic (exact) mass is 918 g/mol. The normalized spacial score (nSPS) is 40.6. The van der Waals surface area contributed by atoms with Crippen LogP contribution in [0.15, 0.2) is 45.6 Å². The Bertz CT molecular complexity index is 2120. The summed E-state index contributed by atoms with van der Waals surface area (Å²) in [7, 11) is 0. The Balaban J connectivity index is 1.13. The van der Waals surface area contributed by atoms with Gasteiger partial charge in [0.15, 0.2) is 41.7 Å². The lowest BCUT2D eigenvalue weighted by Crippen LogP contribution is -2.65. The van der Waals surface area contributed by atoms with E-state index in [9.17, 15) is 81.4 Å². The lowest BCUT2D eigenvalue weighted by Gasteiger charge is -2.45. The summed E-state index contributed by atoms with van der Waals surface area (Å²) in [6.07, 6.45) is -33.9. The summed E-state index contributed by atoms with van der Waals surface area (Å²) in [4.78, 5) is 13.3. The number of aliphatic hydroxyl groups is 13. The van der Waals surface area contributed by atoms with Gasteiger partial charge in [-0.2, -0.15) is 0 Å². The van der Waals surface area contributed by atoms with Crippen molar-refractivity contribution in [1.29, 1.82) is 0 Å². The van der Waals surface area contributed by atoms with Crippen molar-refractivity contribution in [2.45, 2.75) is 130 Å². The fourth-order valence-electron chi connectivity index (χ4n) is 7.69. The average Bonchev–Trinajstić information content (AvgIpc) is 3.26. The van der Waals surface area contributed by atoms with Gasteiger partial charge in [0, 0.05) is 23.8 Å². The standard InChI is InChI=1S/C39H50O25/c1-11-24(46)28(50)32(54)36(56-11)63-34-30(52)26(48)21(9-41)61-38(34)57-13-5-15(44)23-16(45)7-18(58-19(23)6-13)12-2-3-17(14(43)4-12)59-39-35(31(53)27(49)22(10-42)62-39)64-37-33(55)29(51)25(47)20(8-40)60-37/h2-7,11,20-22,24-44,46-55H,8-10H2,1H3. The maximum Gasteiger partial charge on any atom is 0.229 e. The topological polar surface area (TPSA) is 408 Å². The summed E-state index contributed by atoms with van der Waals surface area (Å²) in [5.74, 6) is -2.15. The molecule has 5 heterocycles. The largest absolute Gasteiger partial charge is 0.507 e. The van der Waals surface area contributed by atoms with Gasteiger partial charge in [-0.3, -0.25) is 4.79 Å². The van der Waals surface area contributed by atoms with Crippen molar-refractivity contribution in [3.05, 3.63) is 46.6 Å². The Labute approximate surface area is 360 Å². The van der Waals surface area contributed by atoms with Crippen LogP contribution in [0.3, 0.4) is 0 Å². The quantitative estimate of drug-likeness (QED) is 0.0804. The molecule has 0 spiro atoms. The van der Waals surface area contributed by atoms with E-state index in [4.69, 9.17) is 42.3 Å². The fourth-order valence-corrected chi connectivity index (χ4v) is 7.69. The molecule has 0 amide bonds. The van der Waals surface area contributed by atoms with E-state index in [-0.39, 0.29) is 33.8 Å². The van der Waals surface area contributed by atoms with Crippen molar-refractivity contribution in [1.82, 2.24) is 0 Å². The molecule has 4 aliphatic rings. The minimum atomic E-state index is -1.94. The number of phenols is 2. The molecule has 15 N–H and O–H groups in total. The van der Waals surface area contributed by atoms with Crippen LogP contribution in [0.25, 0.3) is 22.3 Å². The van der Waals surface area contributed by atoms with Gasteiger partial charge in [-0.25, -0.2) is 0 Å². The van der Waals surface area contributed by atoms with E-state index in [1.165, 1.54) is 13.0 Å². The van der Waals surface area contributed by atoms with Crippen LogP contribution < -0.4 is 14.9 Å². The molecule has 3 aromatic rings. The number of benzene rings is 2. The zero-order chi connectivity index (χ0) is 46.5. The summed E-state index contributed by atoms with van der Waals surface area (Å²) in [5.41, 5.74) is -1.04. The fraction of sp³-hybridized carbons (Fsp3) is 0.615. The van der Waals surface area contributed by atoms with Crippen molar-refractivity contribution in [2.75, 3.05) is 19.8 Å². The zero-order valence-corrected chi connectivity index (χ0v) is 33.4. The van der Waals surface area contributed by atoms with E-state index >= 15 is 0 Å². The number of ether oxygens (including phenoxy) is 8. The third-order valence-electron chi connectivity index (χ3n) is 11.4. The number of aromatic hydroxyl groups is 2. The summed E-state index contributed by atoms with van der Waals surface area (Å²) >= 11 is 0. The number of rotatable bonds is 12. The van der Waals surface area contributed by atoms with Crippen LogP contribution in [0, 0.1) is 0 Å². The molecule has 25 nitrogen and oxygen atoms in total. The van der Waals surface area contributed by atoms with Gasteiger partial charge in [0.05, 0.1) is 25.9 Å². The highest BCUT2D eigenvalue weighted by molar-refractivity contribution is 5.86. The van der Waals surface area contributed by atoms with Gasteiger partial charge >= 0.3 is 0 Å². The van der Waals surface area contributed by atoms with Crippen LogP contribution in [-0.2, 0) is 28.4 Å². The molecule has 20 atom stereocenters. The Hall–Kier alpha value is -3.91. The van der Waals surface area contributed by atoms with Crippen LogP contribution in [0.1, 0.15) is 6.92 Å². The lowest BCUT2D eigenvalue weighted by molar-refractivity contribution is -0.358. The molecule has 0 bridgehead atoms. The maximum atomic E-state index is 13.3. The molecule has 25 heteroatoms. The minimum Gasteiger partial charge on any atom is -0.507 e. The first-order valence-electron chi connectivity index (χ1n) is 19.9. The van der Waals surface area contributed by atoms with Crippen molar-refractivity contribution in [2.24, 2.45) is 0 Å². The average molecular weight is 919 g/mol. The van der Waals surface area contributed by atoms with Gasteiger partial charge in [-0.1, -0.05) is 0 Å². The highest BCUT2D eigenvalue weighted by atomic mass is 16.8. The van der Waals surface area contributed by atoms with Crippen LogP contribution in [0.5, 0.6) is 23.0 Å². The molecule has 0 radical (unpaired) electrons. The molecule has 356 valence electrons. The van der Waals surface area contributed by atoms with Crippen molar-refractivity contribution >= 4 is 11.0 Å². The molecule has 2 aromatic carbocycles. The Morgan fingerprint density at radius 1 is 0.531 bits per heavy atom. The first kappa shape index (κ1) is 48.0. The predicted molar refractivity (Wildman–Crippen MR) is 204 cm³/mol. The number of hydrogen-bond donors (Lipinski definition) is 15. The van der Waals surface area contributed by atoms with Crippen molar-refractivity contribution in [3.63, 3.8) is 0 Å². The minimum absolute atomic E-state index is 0.0385. The molecule has 4 saturated heterocycles. The van der Waals surface area contributed by atoms with E-state index < -0.39 is 160 Å². The van der Waals surface area contributed by atoms with Crippen molar-refractivity contribution < 1.29 is 119 Å². The third-order valence-corrected chi connectivity index (χ3v) is 11.4. The SMILES string of the molecule is CC1OC(OC2C(Oc3cc(O)c4c(=O)cc(-c5ccc(OC6OC(CO)C(O)C(O)C6OC6OC(CO)C(O)C(O)C6O)c(O)c5)oc4c3)OC(CO)C(O)C2O)C(O)C(O)C1O. The second kappa shape index (κ2) is 19.5. The molecule has 7 rings (SSSR count). The number of hydrogen-bond acceptors (Lipinski definition) is 25. The molecule has 1 aromatic heterocycles. The van der Waals surface area contributed by atoms with E-state index in [2.05, 4.69) is 0 Å². The zero-order valence-electron chi connectivity index (χ0n) is 33.4. The summed E-state index contributed by atoms with van der Waals surface area (Å²) < 4.78 is 51.0. The highest BCUT2D eigenvalue weighted by Crippen LogP contribution is 2.39. The van der Waals surface area contributed by atoms with Crippen LogP contribution >= 0.6 is 0 Å². The Morgan fingerprint density at radius 3 is 1.58 bits per heavy atom. The smallest absolute Gasteiger partial charge is 0.229 e. The van der Waals surface area contributed by atoms with Gasteiger partial charge in [0.25, 0.3) is 0 Å². The molecule has 0 aliphatic carbocycles. The lowest BCUT2D eigenvalue weighted by atomic mass is 9.97. The molecule has 64 heavy (non-hydrogen) atoms. The summed E-state index contributed by atoms with van der Waals surface area (Å²) in [6.45, 7) is -1.08. The third kappa shape index (κ3) is 9.25. The second-order valence-corrected chi connectivity index (χ2v) is 15.7. The van der Waals surface area contributed by atoms with Gasteiger partial charge in [0.1, 0.15) is 108 Å². The number of phenolic OH excluding ortho intramolecular Hbond substituents is 2. The Kier molecular flexibility index (Phi) is 14.6. The van der Waals surface area contributed by atoms with Crippen LogP contribution in [0.4, 0.5) is 0 Å². The number of fused-ring (bicyclic) bond motifs is 1. The van der Waals surface area contributed by atoms with E-state index in [1.54, 1.807) is 0 Å². The molecule has 4 fully saturated rings. The highest BCUT2D eigenvalue weighted by Gasteiger charge is 2.53. The van der Waals surface area contributed by atoms with E-state index in [0.29, 0.717) is 0 Å². The van der Waals surface area contributed by atoms with Gasteiger partial charge < -0.3 is 119 Å². The second-order valence-electron chi connectivity index (χ2n) is 15.7. The summed E-state index contributed by atoms with van der Waals surface area (Å²) in [5, 5.41) is 156.